The van der Waals surface area contributed by atoms with Crippen LogP contribution in [-0.2, 0) is 11.2 Å². The summed E-state index contributed by atoms with van der Waals surface area (Å²) in [6, 6.07) is 3.46. The van der Waals surface area contributed by atoms with E-state index in [4.69, 9.17) is 11.6 Å². The van der Waals surface area contributed by atoms with Crippen molar-refractivity contribution < 1.29 is 22.4 Å². The van der Waals surface area contributed by atoms with E-state index in [2.05, 4.69) is 0 Å². The number of Topliss-reactive ketones (excluding diaryl/α,β-unsaturated/α-hetero) is 1. The third-order valence-corrected chi connectivity index (χ3v) is 2.99. The summed E-state index contributed by atoms with van der Waals surface area (Å²) in [7, 11) is 0. The maximum Gasteiger partial charge on any atom is 0.446 e. The molecule has 0 radical (unpaired) electrons. The zero-order valence-electron chi connectivity index (χ0n) is 8.35. The van der Waals surface area contributed by atoms with E-state index in [0.717, 1.165) is 6.07 Å². The zero-order chi connectivity index (χ0) is 13.1. The average Bonchev–Trinajstić information content (AvgIpc) is 2.21. The first-order chi connectivity index (χ1) is 7.83. The van der Waals surface area contributed by atoms with Gasteiger partial charge in [0.25, 0.3) is 0 Å². The fourth-order valence-corrected chi connectivity index (χ4v) is 1.95. The van der Waals surface area contributed by atoms with Gasteiger partial charge in [0.05, 0.1) is 10.8 Å². The van der Waals surface area contributed by atoms with E-state index in [1.807, 2.05) is 0 Å². The molecule has 17 heavy (non-hydrogen) atoms. The normalized spacial score (nSPS) is 11.6. The second-order valence-electron chi connectivity index (χ2n) is 3.12. The van der Waals surface area contributed by atoms with Crippen molar-refractivity contribution >= 4 is 29.1 Å². The molecular weight excluding hydrogens is 280 g/mol. The number of benzene rings is 1. The Morgan fingerprint density at radius 3 is 2.53 bits per heavy atom. The number of alkyl halides is 4. The summed E-state index contributed by atoms with van der Waals surface area (Å²) in [5, 5.41) is 0. The second kappa shape index (κ2) is 5.73. The molecular formula is C10H7ClF4OS. The van der Waals surface area contributed by atoms with Gasteiger partial charge in [0.2, 0.25) is 0 Å². The minimum absolute atomic E-state index is 0.00187. The highest BCUT2D eigenvalue weighted by Crippen LogP contribution is 2.40. The molecule has 0 atom stereocenters. The van der Waals surface area contributed by atoms with E-state index in [1.165, 1.54) is 12.1 Å². The van der Waals surface area contributed by atoms with E-state index in [0.29, 0.717) is 0 Å². The van der Waals surface area contributed by atoms with Crippen LogP contribution in [0.2, 0.25) is 0 Å². The Bertz CT molecular complexity index is 419. The first-order valence-electron chi connectivity index (χ1n) is 4.44. The van der Waals surface area contributed by atoms with Crippen LogP contribution in [0.5, 0.6) is 0 Å². The SMILES string of the molecule is O=C(CCl)Cc1cccc(F)c1SC(F)(F)F. The molecule has 0 saturated carbocycles. The summed E-state index contributed by atoms with van der Waals surface area (Å²) < 4.78 is 49.9. The summed E-state index contributed by atoms with van der Waals surface area (Å²) >= 11 is 4.69. The molecule has 1 nitrogen and oxygen atoms in total. The van der Waals surface area contributed by atoms with Crippen molar-refractivity contribution in [1.29, 1.82) is 0 Å². The Morgan fingerprint density at radius 2 is 2.00 bits per heavy atom. The number of hydrogen-bond donors (Lipinski definition) is 0. The molecule has 94 valence electrons. The van der Waals surface area contributed by atoms with Crippen LogP contribution in [0.1, 0.15) is 5.56 Å². The van der Waals surface area contributed by atoms with Crippen molar-refractivity contribution in [2.24, 2.45) is 0 Å². The van der Waals surface area contributed by atoms with Gasteiger partial charge in [-0.1, -0.05) is 12.1 Å². The molecule has 1 rings (SSSR count). The highest BCUT2D eigenvalue weighted by molar-refractivity contribution is 8.00. The largest absolute Gasteiger partial charge is 0.446 e. The molecule has 0 saturated heterocycles. The van der Waals surface area contributed by atoms with Crippen LogP contribution in [-0.4, -0.2) is 17.2 Å². The van der Waals surface area contributed by atoms with Crippen molar-refractivity contribution in [2.45, 2.75) is 16.8 Å². The Morgan fingerprint density at radius 1 is 1.35 bits per heavy atom. The fraction of sp³-hybridized carbons (Fsp3) is 0.300. The summed E-state index contributed by atoms with van der Waals surface area (Å²) in [6.07, 6.45) is -0.306. The molecule has 0 aliphatic rings. The minimum atomic E-state index is -4.60. The van der Waals surface area contributed by atoms with Gasteiger partial charge in [0, 0.05) is 6.42 Å². The van der Waals surface area contributed by atoms with Crippen LogP contribution in [0, 0.1) is 5.82 Å². The smallest absolute Gasteiger partial charge is 0.298 e. The molecule has 0 aliphatic heterocycles. The number of carbonyl (C=O) groups excluding carboxylic acids is 1. The summed E-state index contributed by atoms with van der Waals surface area (Å²) in [6.45, 7) is 0. The third kappa shape index (κ3) is 4.55. The van der Waals surface area contributed by atoms with Crippen molar-refractivity contribution in [2.75, 3.05) is 5.88 Å². The molecule has 0 bridgehead atoms. The Labute approximate surface area is 104 Å². The fourth-order valence-electron chi connectivity index (χ4n) is 1.18. The predicted molar refractivity (Wildman–Crippen MR) is 57.7 cm³/mol. The Hall–Kier alpha value is -0.750. The molecule has 0 unspecified atom stereocenters. The lowest BCUT2D eigenvalue weighted by atomic mass is 10.1. The number of thioether (sulfide) groups is 1. The van der Waals surface area contributed by atoms with Crippen LogP contribution >= 0.6 is 23.4 Å². The summed E-state index contributed by atoms with van der Waals surface area (Å²) in [4.78, 5) is 10.5. The molecule has 0 spiro atoms. The third-order valence-electron chi connectivity index (χ3n) is 1.80. The second-order valence-corrected chi connectivity index (χ2v) is 4.47. The lowest BCUT2D eigenvalue weighted by Gasteiger charge is -2.11. The lowest BCUT2D eigenvalue weighted by molar-refractivity contribution is -0.116. The highest BCUT2D eigenvalue weighted by Gasteiger charge is 2.32. The van der Waals surface area contributed by atoms with Crippen LogP contribution in [0.4, 0.5) is 17.6 Å². The van der Waals surface area contributed by atoms with E-state index in [-0.39, 0.29) is 17.9 Å². The van der Waals surface area contributed by atoms with E-state index in [1.54, 1.807) is 0 Å². The first kappa shape index (κ1) is 14.3. The quantitative estimate of drug-likeness (QED) is 0.476. The van der Waals surface area contributed by atoms with Gasteiger partial charge in [-0.2, -0.15) is 13.2 Å². The molecule has 0 N–H and O–H groups in total. The van der Waals surface area contributed by atoms with Crippen LogP contribution in [0.15, 0.2) is 23.1 Å². The number of rotatable bonds is 4. The van der Waals surface area contributed by atoms with Gasteiger partial charge < -0.3 is 0 Å². The number of ketones is 1. The summed E-state index contributed by atoms with van der Waals surface area (Å²) in [5.74, 6) is -1.76. The van der Waals surface area contributed by atoms with Crippen LogP contribution in [0.25, 0.3) is 0 Å². The minimum Gasteiger partial charge on any atom is -0.298 e. The molecule has 0 heterocycles. The molecule has 7 heteroatoms. The molecule has 0 fully saturated rings. The van der Waals surface area contributed by atoms with Gasteiger partial charge in [-0.15, -0.1) is 11.6 Å². The maximum absolute atomic E-state index is 13.3. The average molecular weight is 287 g/mol. The number of halogens is 5. The zero-order valence-corrected chi connectivity index (χ0v) is 9.93. The predicted octanol–water partition coefficient (Wildman–Crippen LogP) is 3.79. The van der Waals surface area contributed by atoms with Crippen LogP contribution in [0.3, 0.4) is 0 Å². The first-order valence-corrected chi connectivity index (χ1v) is 5.79. The van der Waals surface area contributed by atoms with Crippen molar-refractivity contribution in [3.05, 3.63) is 29.6 Å². The van der Waals surface area contributed by atoms with Gasteiger partial charge in [0.15, 0.2) is 5.78 Å². The lowest BCUT2D eigenvalue weighted by Crippen LogP contribution is -2.08. The molecule has 0 aliphatic carbocycles. The maximum atomic E-state index is 13.3. The number of carbonyl (C=O) groups is 1. The number of hydrogen-bond acceptors (Lipinski definition) is 2. The summed E-state index contributed by atoms with van der Waals surface area (Å²) in [5.41, 5.74) is -4.60. The van der Waals surface area contributed by atoms with Crippen LogP contribution < -0.4 is 0 Å². The standard InChI is InChI=1S/C10H7ClF4OS/c11-5-7(16)4-6-2-1-3-8(12)9(6)17-10(13,14)15/h1-3H,4-5H2. The van der Waals surface area contributed by atoms with Crippen molar-refractivity contribution in [1.82, 2.24) is 0 Å². The Kier molecular flexibility index (Phi) is 4.82. The van der Waals surface area contributed by atoms with E-state index in [9.17, 15) is 22.4 Å². The van der Waals surface area contributed by atoms with Gasteiger partial charge in [0.1, 0.15) is 5.82 Å². The van der Waals surface area contributed by atoms with Crippen molar-refractivity contribution in [3.63, 3.8) is 0 Å². The van der Waals surface area contributed by atoms with E-state index >= 15 is 0 Å². The molecule has 1 aromatic carbocycles. The topological polar surface area (TPSA) is 17.1 Å². The monoisotopic (exact) mass is 286 g/mol. The Balaban J connectivity index is 3.04. The highest BCUT2D eigenvalue weighted by atomic mass is 35.5. The van der Waals surface area contributed by atoms with Gasteiger partial charge in [-0.25, -0.2) is 4.39 Å². The van der Waals surface area contributed by atoms with Gasteiger partial charge in [-0.3, -0.25) is 4.79 Å². The van der Waals surface area contributed by atoms with Gasteiger partial charge >= 0.3 is 5.51 Å². The molecule has 0 amide bonds. The van der Waals surface area contributed by atoms with Gasteiger partial charge in [-0.05, 0) is 23.4 Å². The molecule has 0 aromatic heterocycles. The van der Waals surface area contributed by atoms with E-state index < -0.39 is 33.8 Å². The molecule has 1 aromatic rings. The van der Waals surface area contributed by atoms with Crippen molar-refractivity contribution in [3.8, 4) is 0 Å².